The second-order valence-electron chi connectivity index (χ2n) is 12.0. The molecule has 0 amide bonds. The van der Waals surface area contributed by atoms with E-state index in [0.717, 1.165) is 72.3 Å². The fourth-order valence-corrected chi connectivity index (χ4v) is 5.75. The van der Waals surface area contributed by atoms with Gasteiger partial charge >= 0.3 is 0 Å². The molecule has 0 aliphatic rings. The topological polar surface area (TPSA) is 50.4 Å². The first-order chi connectivity index (χ1) is 24.6. The highest BCUT2D eigenvalue weighted by Gasteiger charge is 2.10. The van der Waals surface area contributed by atoms with E-state index < -0.39 is 0 Å². The van der Waals surface area contributed by atoms with E-state index >= 15 is 0 Å². The second-order valence-corrected chi connectivity index (χ2v) is 12.0. The molecule has 0 saturated carbocycles. The van der Waals surface area contributed by atoms with Gasteiger partial charge in [-0.25, -0.2) is 4.99 Å². The summed E-state index contributed by atoms with van der Waals surface area (Å²) in [5, 5.41) is 5.64. The third-order valence-corrected chi connectivity index (χ3v) is 8.32. The van der Waals surface area contributed by atoms with Gasteiger partial charge in [0.2, 0.25) is 0 Å². The van der Waals surface area contributed by atoms with Crippen molar-refractivity contribution in [2.45, 2.75) is 13.3 Å². The van der Waals surface area contributed by atoms with Crippen LogP contribution in [0.2, 0.25) is 0 Å². The number of para-hydroxylation sites is 2. The highest BCUT2D eigenvalue weighted by atomic mass is 14.9. The van der Waals surface area contributed by atoms with Crippen molar-refractivity contribution in [3.63, 3.8) is 0 Å². The lowest BCUT2D eigenvalue weighted by molar-refractivity contribution is 1.11. The second kappa shape index (κ2) is 16.6. The third kappa shape index (κ3) is 8.91. The normalized spacial score (nSPS) is 12.7. The Morgan fingerprint density at radius 1 is 0.720 bits per heavy atom. The van der Waals surface area contributed by atoms with Gasteiger partial charge in [0.1, 0.15) is 0 Å². The van der Waals surface area contributed by atoms with E-state index in [9.17, 15) is 0 Å². The number of benzene rings is 6. The van der Waals surface area contributed by atoms with Gasteiger partial charge in [0.05, 0.1) is 11.4 Å². The smallest absolute Gasteiger partial charge is 0.0715 e. The maximum absolute atomic E-state index is 6.39. The van der Waals surface area contributed by atoms with Crippen molar-refractivity contribution in [3.05, 3.63) is 215 Å². The fourth-order valence-electron chi connectivity index (χ4n) is 5.75. The van der Waals surface area contributed by atoms with Gasteiger partial charge < -0.3 is 11.1 Å². The van der Waals surface area contributed by atoms with Gasteiger partial charge in [0.15, 0.2) is 0 Å². The molecule has 0 spiro atoms. The zero-order valence-electron chi connectivity index (χ0n) is 28.3. The Hall–Kier alpha value is -6.45. The van der Waals surface area contributed by atoms with E-state index in [2.05, 4.69) is 127 Å². The van der Waals surface area contributed by atoms with Crippen molar-refractivity contribution in [1.82, 2.24) is 0 Å². The molecule has 0 aromatic heterocycles. The highest BCUT2D eigenvalue weighted by molar-refractivity contribution is 6.14. The molecular formula is C47H41N3. The van der Waals surface area contributed by atoms with Crippen LogP contribution in [0.25, 0.3) is 29.4 Å². The number of hydrogen-bond acceptors (Lipinski definition) is 3. The molecular weight excluding hydrogens is 607 g/mol. The number of nitrogens with one attached hydrogen (secondary N) is 1. The molecule has 0 aliphatic heterocycles. The van der Waals surface area contributed by atoms with E-state index in [4.69, 9.17) is 10.7 Å². The van der Waals surface area contributed by atoms with Crippen LogP contribution in [0.3, 0.4) is 0 Å². The summed E-state index contributed by atoms with van der Waals surface area (Å²) < 4.78 is 0. The Balaban J connectivity index is 1.31. The first-order valence-corrected chi connectivity index (χ1v) is 16.9. The number of anilines is 2. The summed E-state index contributed by atoms with van der Waals surface area (Å²) in [5.74, 6) is 0. The molecule has 0 unspecified atom stereocenters. The van der Waals surface area contributed by atoms with Gasteiger partial charge in [-0.05, 0) is 88.2 Å². The molecule has 244 valence electrons. The van der Waals surface area contributed by atoms with Crippen LogP contribution in [0.5, 0.6) is 0 Å². The van der Waals surface area contributed by atoms with Crippen LogP contribution >= 0.6 is 0 Å². The number of rotatable bonds is 11. The van der Waals surface area contributed by atoms with Crippen LogP contribution in [-0.2, 0) is 6.42 Å². The van der Waals surface area contributed by atoms with Gasteiger partial charge in [0, 0.05) is 34.6 Å². The first kappa shape index (κ1) is 33.5. The Kier molecular flexibility index (Phi) is 11.1. The van der Waals surface area contributed by atoms with Crippen molar-refractivity contribution >= 4 is 41.0 Å². The van der Waals surface area contributed by atoms with Gasteiger partial charge in [-0.3, -0.25) is 0 Å². The van der Waals surface area contributed by atoms with Crippen molar-refractivity contribution in [2.24, 2.45) is 10.7 Å². The molecule has 3 heteroatoms. The minimum atomic E-state index is 0.650. The molecule has 0 fully saturated rings. The largest absolute Gasteiger partial charge is 0.402 e. The Bertz CT molecular complexity index is 2280. The number of nitrogens with two attached hydrogens (primary N) is 1. The van der Waals surface area contributed by atoms with Gasteiger partial charge in [-0.2, -0.15) is 0 Å². The minimum Gasteiger partial charge on any atom is -0.402 e. The zero-order valence-corrected chi connectivity index (χ0v) is 28.3. The van der Waals surface area contributed by atoms with E-state index in [1.54, 1.807) is 0 Å². The number of hydrogen-bond donors (Lipinski definition) is 2. The molecule has 3 N–H and O–H groups in total. The van der Waals surface area contributed by atoms with Crippen LogP contribution in [0.1, 0.15) is 23.6 Å². The average molecular weight is 648 g/mol. The molecule has 6 aromatic rings. The molecule has 0 bridgehead atoms. The number of nitrogens with zero attached hydrogens (tertiary/aromatic N) is 1. The fraction of sp³-hybridized carbons (Fsp3) is 0.0426. The molecule has 0 radical (unpaired) electrons. The summed E-state index contributed by atoms with van der Waals surface area (Å²) >= 11 is 0. The van der Waals surface area contributed by atoms with Gasteiger partial charge in [0.25, 0.3) is 0 Å². The lowest BCUT2D eigenvalue weighted by Gasteiger charge is -2.14. The number of allylic oxidation sites excluding steroid dienone is 6. The Morgan fingerprint density at radius 2 is 1.40 bits per heavy atom. The quantitative estimate of drug-likeness (QED) is 0.109. The summed E-state index contributed by atoms with van der Waals surface area (Å²) in [4.78, 5) is 5.16. The van der Waals surface area contributed by atoms with Crippen molar-refractivity contribution in [1.29, 1.82) is 0 Å². The standard InChI is InChI=1S/C47H41N3/c1-3-15-39(40-20-14-21-41(33-40)45-24-12-13-25-46(45)49-43-22-8-5-9-23-43)34-47(38-18-6-4-7-19-38)50-44-30-26-36(27-31-44)32-42(48)29-28-37-17-11-10-16-35(37)2/h3-31,33-34,49H,2,32,48H2,1H3/b15-3-,37-28-,39-34+,42-29-,50-47?. The van der Waals surface area contributed by atoms with Crippen LogP contribution in [0, 0.1) is 0 Å². The predicted molar refractivity (Wildman–Crippen MR) is 215 cm³/mol. The van der Waals surface area contributed by atoms with Crippen LogP contribution in [0.4, 0.5) is 17.1 Å². The van der Waals surface area contributed by atoms with Crippen LogP contribution < -0.4 is 21.5 Å². The highest BCUT2D eigenvalue weighted by Crippen LogP contribution is 2.32. The lowest BCUT2D eigenvalue weighted by Crippen LogP contribution is -2.21. The van der Waals surface area contributed by atoms with E-state index in [0.29, 0.717) is 6.42 Å². The van der Waals surface area contributed by atoms with E-state index in [1.165, 1.54) is 0 Å². The van der Waals surface area contributed by atoms with Crippen molar-refractivity contribution in [2.75, 3.05) is 5.32 Å². The Labute approximate surface area is 295 Å². The maximum Gasteiger partial charge on any atom is 0.0715 e. The molecule has 6 aromatic carbocycles. The summed E-state index contributed by atoms with van der Waals surface area (Å²) in [7, 11) is 0. The summed E-state index contributed by atoms with van der Waals surface area (Å²) in [6.45, 7) is 6.14. The molecule has 0 aliphatic carbocycles. The lowest BCUT2D eigenvalue weighted by atomic mass is 9.96. The molecule has 50 heavy (non-hydrogen) atoms. The minimum absolute atomic E-state index is 0.650. The van der Waals surface area contributed by atoms with Crippen LogP contribution in [-0.4, -0.2) is 5.71 Å². The maximum atomic E-state index is 6.39. The SMILES string of the molecule is C=c1cccc/c1=C/C=C(\N)Cc1ccc(N=C(/C=C(\C=C/C)c2cccc(-c3ccccc3Nc3ccccc3)c2)c2ccccc2)cc1. The summed E-state index contributed by atoms with van der Waals surface area (Å²) in [6.07, 6.45) is 11.0. The van der Waals surface area contributed by atoms with E-state index in [-0.39, 0.29) is 0 Å². The summed E-state index contributed by atoms with van der Waals surface area (Å²) in [5.41, 5.74) is 17.6. The third-order valence-electron chi connectivity index (χ3n) is 8.32. The van der Waals surface area contributed by atoms with Crippen molar-refractivity contribution in [3.8, 4) is 11.1 Å². The van der Waals surface area contributed by atoms with Crippen molar-refractivity contribution < 1.29 is 0 Å². The Morgan fingerprint density at radius 3 is 2.16 bits per heavy atom. The zero-order chi connectivity index (χ0) is 34.5. The summed E-state index contributed by atoms with van der Waals surface area (Å²) in [6, 6.07) is 54.1. The molecule has 3 nitrogen and oxygen atoms in total. The van der Waals surface area contributed by atoms with Crippen LogP contribution in [0.15, 0.2) is 193 Å². The molecule has 6 rings (SSSR count). The molecule has 0 saturated heterocycles. The number of aliphatic imine (C=N–C) groups is 1. The first-order valence-electron chi connectivity index (χ1n) is 16.9. The monoisotopic (exact) mass is 647 g/mol. The molecule has 0 atom stereocenters. The average Bonchev–Trinajstić information content (AvgIpc) is 3.16. The van der Waals surface area contributed by atoms with E-state index in [1.807, 2.05) is 79.7 Å². The predicted octanol–water partition coefficient (Wildman–Crippen LogP) is 10.2. The van der Waals surface area contributed by atoms with Gasteiger partial charge in [-0.15, -0.1) is 0 Å². The van der Waals surface area contributed by atoms with Gasteiger partial charge in [-0.1, -0.05) is 146 Å². The molecule has 0 heterocycles.